The number of hydrogen-bond donors (Lipinski definition) is 2. The van der Waals surface area contributed by atoms with Gasteiger partial charge in [0.1, 0.15) is 11.9 Å². The number of nitrogens with two attached hydrogens (primary N) is 1. The molecule has 0 aromatic carbocycles. The Labute approximate surface area is 216 Å². The summed E-state index contributed by atoms with van der Waals surface area (Å²) in [5.41, 5.74) is 5.39. The first-order valence-corrected chi connectivity index (χ1v) is 14.8. The quantitative estimate of drug-likeness (QED) is 0.397. The number of carbonyl (C=O) groups is 2. The smallest absolute Gasteiger partial charge is 0.316 e. The zero-order valence-corrected chi connectivity index (χ0v) is 23.2. The molecule has 5 nitrogen and oxygen atoms in total. The molecule has 0 aromatic rings. The van der Waals surface area contributed by atoms with Gasteiger partial charge in [0.05, 0.1) is 11.9 Å². The van der Waals surface area contributed by atoms with E-state index in [4.69, 9.17) is 10.5 Å². The largest absolute Gasteiger partial charge is 0.461 e. The molecule has 4 fully saturated rings. The number of rotatable bonds is 5. The van der Waals surface area contributed by atoms with E-state index in [2.05, 4.69) is 47.3 Å². The van der Waals surface area contributed by atoms with Crippen LogP contribution in [0.4, 0.5) is 0 Å². The van der Waals surface area contributed by atoms with Crippen LogP contribution in [0.15, 0.2) is 12.7 Å². The van der Waals surface area contributed by atoms with Crippen LogP contribution in [0.1, 0.15) is 86.0 Å². The van der Waals surface area contributed by atoms with E-state index >= 15 is 0 Å². The average Bonchev–Trinajstić information content (AvgIpc) is 3.17. The van der Waals surface area contributed by atoms with E-state index in [0.717, 1.165) is 32.1 Å². The summed E-state index contributed by atoms with van der Waals surface area (Å²) < 4.78 is 6.40. The van der Waals surface area contributed by atoms with Crippen molar-refractivity contribution in [1.82, 2.24) is 0 Å². The second-order valence-corrected chi connectivity index (χ2v) is 14.1. The normalized spacial score (nSPS) is 50.1. The number of aliphatic hydroxyl groups is 1. The fourth-order valence-corrected chi connectivity index (χ4v) is 9.58. The minimum atomic E-state index is -0.475. The molecule has 4 aliphatic carbocycles. The highest BCUT2D eigenvalue weighted by Gasteiger charge is 2.67. The average molecular weight is 506 g/mol. The Bertz CT molecular complexity index is 849. The van der Waals surface area contributed by atoms with Crippen LogP contribution < -0.4 is 5.73 Å². The molecule has 198 valence electrons. The van der Waals surface area contributed by atoms with E-state index in [0.29, 0.717) is 42.8 Å². The van der Waals surface area contributed by atoms with Crippen LogP contribution in [0.25, 0.3) is 0 Å². The lowest BCUT2D eigenvalue weighted by Gasteiger charge is -2.62. The summed E-state index contributed by atoms with van der Waals surface area (Å²) in [6.07, 6.45) is 7.99. The third kappa shape index (κ3) is 4.44. The Morgan fingerprint density at radius 2 is 1.91 bits per heavy atom. The first kappa shape index (κ1) is 27.2. The van der Waals surface area contributed by atoms with Gasteiger partial charge in [0, 0.05) is 29.0 Å². The summed E-state index contributed by atoms with van der Waals surface area (Å²) in [6.45, 7) is 15.7. The van der Waals surface area contributed by atoms with Crippen LogP contribution in [-0.4, -0.2) is 46.1 Å². The van der Waals surface area contributed by atoms with E-state index in [1.807, 2.05) is 0 Å². The second kappa shape index (κ2) is 9.79. The number of carbonyl (C=O) groups excluding carboxylic acids is 2. The van der Waals surface area contributed by atoms with Gasteiger partial charge in [0.2, 0.25) is 0 Å². The molecule has 35 heavy (non-hydrogen) atoms. The van der Waals surface area contributed by atoms with Gasteiger partial charge in [0.25, 0.3) is 0 Å². The number of ketones is 1. The van der Waals surface area contributed by atoms with Crippen molar-refractivity contribution in [3.05, 3.63) is 12.7 Å². The maximum atomic E-state index is 13.5. The van der Waals surface area contributed by atoms with E-state index in [-0.39, 0.29) is 51.3 Å². The lowest BCUT2D eigenvalue weighted by atomic mass is 9.42. The van der Waals surface area contributed by atoms with Crippen LogP contribution in [0, 0.1) is 39.9 Å². The van der Waals surface area contributed by atoms with E-state index < -0.39 is 6.10 Å². The lowest BCUT2D eigenvalue weighted by Crippen LogP contribution is -2.61. The zero-order chi connectivity index (χ0) is 25.8. The molecule has 0 heterocycles. The summed E-state index contributed by atoms with van der Waals surface area (Å²) in [6, 6.07) is 0.0432. The highest BCUT2D eigenvalue weighted by Crippen LogP contribution is 2.69. The summed E-state index contributed by atoms with van der Waals surface area (Å²) >= 11 is 1.49. The summed E-state index contributed by atoms with van der Waals surface area (Å²) in [4.78, 5) is 26.8. The molecule has 4 saturated carbocycles. The molecule has 4 rings (SSSR count). The van der Waals surface area contributed by atoms with E-state index in [9.17, 15) is 14.7 Å². The van der Waals surface area contributed by atoms with Crippen LogP contribution in [-0.2, 0) is 14.3 Å². The molecule has 0 aliphatic heterocycles. The lowest BCUT2D eigenvalue weighted by molar-refractivity contribution is -0.196. The van der Waals surface area contributed by atoms with E-state index in [1.165, 1.54) is 11.8 Å². The maximum absolute atomic E-state index is 13.5. The van der Waals surface area contributed by atoms with Crippen molar-refractivity contribution in [3.63, 3.8) is 0 Å². The Hall–Kier alpha value is -0.850. The van der Waals surface area contributed by atoms with Gasteiger partial charge in [-0.1, -0.05) is 40.7 Å². The Kier molecular flexibility index (Phi) is 7.61. The SMILES string of the molecule is C=C[C@]1(C)C[C@@H](OC(=O)CS[C@@H]2CC[C@@H](N)C[C@H]2O)[C@]2(C)C(C)CC[C@]3(CCC(=O)[C@H]32)[C@@H](C)[C@@H]1C. The third-order valence-electron chi connectivity index (χ3n) is 11.4. The molecule has 0 radical (unpaired) electrons. The second-order valence-electron chi connectivity index (χ2n) is 12.9. The van der Waals surface area contributed by atoms with Crippen molar-refractivity contribution < 1.29 is 19.4 Å². The Morgan fingerprint density at radius 3 is 2.57 bits per heavy atom. The fourth-order valence-electron chi connectivity index (χ4n) is 8.53. The molecule has 0 saturated heterocycles. The highest BCUT2D eigenvalue weighted by molar-refractivity contribution is 8.00. The van der Waals surface area contributed by atoms with Gasteiger partial charge in [-0.05, 0) is 73.5 Å². The molecule has 1 unspecified atom stereocenters. The summed E-state index contributed by atoms with van der Waals surface area (Å²) in [5, 5.41) is 10.4. The minimum Gasteiger partial charge on any atom is -0.461 e. The highest BCUT2D eigenvalue weighted by atomic mass is 32.2. The monoisotopic (exact) mass is 505 g/mol. The van der Waals surface area contributed by atoms with Crippen LogP contribution in [0.2, 0.25) is 0 Å². The standard InChI is InChI=1S/C29H47NO4S/c1-7-27(5)15-24(34-25(33)16-35-23-9-8-20(30)14-22(23)32)28(6)17(2)10-12-29(19(4)18(27)3)13-11-21(31)26(28)29/h7,17-20,22-24,26,32H,1,8-16,30H2,2-6H3/t17?,18-,19-,20+,22+,23+,24+,26-,27+,28-,29-/m0/s1. The van der Waals surface area contributed by atoms with Crippen LogP contribution in [0.3, 0.4) is 0 Å². The van der Waals surface area contributed by atoms with Gasteiger partial charge in [-0.2, -0.15) is 0 Å². The van der Waals surface area contributed by atoms with Crippen molar-refractivity contribution in [2.45, 2.75) is 109 Å². The van der Waals surface area contributed by atoms with E-state index in [1.54, 1.807) is 0 Å². The van der Waals surface area contributed by atoms with Crippen molar-refractivity contribution in [2.75, 3.05) is 5.75 Å². The Morgan fingerprint density at radius 1 is 1.20 bits per heavy atom. The van der Waals surface area contributed by atoms with Crippen molar-refractivity contribution >= 4 is 23.5 Å². The molecule has 11 atom stereocenters. The summed E-state index contributed by atoms with van der Waals surface area (Å²) in [7, 11) is 0. The topological polar surface area (TPSA) is 89.6 Å². The molecular formula is C29H47NO4S. The predicted molar refractivity (Wildman–Crippen MR) is 142 cm³/mol. The van der Waals surface area contributed by atoms with Crippen LogP contribution in [0.5, 0.6) is 0 Å². The molecular weight excluding hydrogens is 458 g/mol. The number of thioether (sulfide) groups is 1. The number of ether oxygens (including phenoxy) is 1. The van der Waals surface area contributed by atoms with Gasteiger partial charge < -0.3 is 15.6 Å². The predicted octanol–water partition coefficient (Wildman–Crippen LogP) is 5.14. The van der Waals surface area contributed by atoms with Gasteiger partial charge in [-0.3, -0.25) is 9.59 Å². The molecule has 6 heteroatoms. The minimum absolute atomic E-state index is 0.0206. The molecule has 2 bridgehead atoms. The number of allylic oxidation sites excluding steroid dienone is 1. The summed E-state index contributed by atoms with van der Waals surface area (Å²) in [5.74, 6) is 1.34. The zero-order valence-electron chi connectivity index (χ0n) is 22.4. The fraction of sp³-hybridized carbons (Fsp3) is 0.862. The number of esters is 1. The first-order valence-electron chi connectivity index (χ1n) is 13.8. The van der Waals surface area contributed by atoms with Crippen molar-refractivity contribution in [1.29, 1.82) is 0 Å². The van der Waals surface area contributed by atoms with Gasteiger partial charge >= 0.3 is 5.97 Å². The number of Topliss-reactive ketones (excluding diaryl/α,β-unsaturated/α-hetero) is 1. The van der Waals surface area contributed by atoms with Crippen LogP contribution >= 0.6 is 11.8 Å². The van der Waals surface area contributed by atoms with Gasteiger partial charge in [0.15, 0.2) is 0 Å². The van der Waals surface area contributed by atoms with Gasteiger partial charge in [-0.15, -0.1) is 18.3 Å². The molecule has 0 aromatic heterocycles. The molecule has 0 amide bonds. The number of hydrogen-bond acceptors (Lipinski definition) is 6. The molecule has 3 N–H and O–H groups in total. The van der Waals surface area contributed by atoms with Crippen molar-refractivity contribution in [3.8, 4) is 0 Å². The van der Waals surface area contributed by atoms with Crippen molar-refractivity contribution in [2.24, 2.45) is 45.7 Å². The first-order chi connectivity index (χ1) is 16.4. The van der Waals surface area contributed by atoms with Gasteiger partial charge in [-0.25, -0.2) is 0 Å². The maximum Gasteiger partial charge on any atom is 0.316 e. The molecule has 4 aliphatic rings. The Balaban J connectivity index is 1.62. The molecule has 0 spiro atoms. The third-order valence-corrected chi connectivity index (χ3v) is 12.8. The number of aliphatic hydroxyl groups excluding tert-OH is 1.